The van der Waals surface area contributed by atoms with Gasteiger partial charge in [0, 0.05) is 24.8 Å². The molecule has 0 saturated carbocycles. The van der Waals surface area contributed by atoms with Crippen molar-refractivity contribution in [3.8, 4) is 0 Å². The number of hydrogen-bond acceptors (Lipinski definition) is 4. The number of nitrogens with zero attached hydrogens (tertiary/aromatic N) is 1. The van der Waals surface area contributed by atoms with Gasteiger partial charge in [-0.3, -0.25) is 0 Å². The largest absolute Gasteiger partial charge is 0.388 e. The van der Waals surface area contributed by atoms with Crippen molar-refractivity contribution in [2.45, 2.75) is 25.5 Å². The first-order chi connectivity index (χ1) is 9.69. The first-order valence-electron chi connectivity index (χ1n) is 6.96. The zero-order chi connectivity index (χ0) is 16.0. The summed E-state index contributed by atoms with van der Waals surface area (Å²) in [7, 11) is 3.87. The topological polar surface area (TPSA) is 90.6 Å². The lowest BCUT2D eigenvalue weighted by Crippen LogP contribution is -2.46. The molecule has 0 heterocycles. The fourth-order valence-corrected chi connectivity index (χ4v) is 2.23. The summed E-state index contributed by atoms with van der Waals surface area (Å²) in [5.41, 5.74) is 6.02. The van der Waals surface area contributed by atoms with Gasteiger partial charge in [0.25, 0.3) is 0 Å². The highest BCUT2D eigenvalue weighted by atomic mass is 16.3. The Labute approximate surface area is 126 Å². The van der Waals surface area contributed by atoms with Crippen LogP contribution in [-0.4, -0.2) is 48.8 Å². The summed E-state index contributed by atoms with van der Waals surface area (Å²) >= 11 is 0. The monoisotopic (exact) mass is 294 g/mol. The molecule has 1 rings (SSSR count). The first kappa shape index (κ1) is 17.4. The average molecular weight is 294 g/mol. The van der Waals surface area contributed by atoms with E-state index in [1.54, 1.807) is 12.1 Å². The number of likely N-dealkylation sites (N-methyl/N-ethyl adjacent to an activating group) is 1. The summed E-state index contributed by atoms with van der Waals surface area (Å²) in [6.07, 6.45) is 0. The molecule has 0 saturated heterocycles. The molecule has 2 atom stereocenters. The van der Waals surface area contributed by atoms with Crippen molar-refractivity contribution in [3.05, 3.63) is 29.8 Å². The van der Waals surface area contributed by atoms with Gasteiger partial charge in [-0.15, -0.1) is 0 Å². The second-order valence-corrected chi connectivity index (χ2v) is 5.95. The highest BCUT2D eigenvalue weighted by Gasteiger charge is 2.22. The normalized spacial score (nSPS) is 15.5. The van der Waals surface area contributed by atoms with Crippen LogP contribution in [0.5, 0.6) is 0 Å². The Kier molecular flexibility index (Phi) is 6.14. The maximum Gasteiger partial charge on any atom is 0.316 e. The molecule has 0 aliphatic heterocycles. The SMILES string of the molecule is CC(NCC(C)(O)CN(C)C)c1ccc(NC(N)=O)cc1. The van der Waals surface area contributed by atoms with E-state index in [2.05, 4.69) is 10.6 Å². The van der Waals surface area contributed by atoms with Crippen LogP contribution in [0, 0.1) is 0 Å². The second-order valence-electron chi connectivity index (χ2n) is 5.95. The molecule has 2 amide bonds. The third-order valence-electron chi connectivity index (χ3n) is 3.12. The van der Waals surface area contributed by atoms with E-state index >= 15 is 0 Å². The zero-order valence-electron chi connectivity index (χ0n) is 13.2. The molecule has 6 nitrogen and oxygen atoms in total. The number of carbonyl (C=O) groups is 1. The lowest BCUT2D eigenvalue weighted by atomic mass is 10.0. The fourth-order valence-electron chi connectivity index (χ4n) is 2.23. The molecule has 0 aromatic heterocycles. The third-order valence-corrected chi connectivity index (χ3v) is 3.12. The molecule has 118 valence electrons. The highest BCUT2D eigenvalue weighted by molar-refractivity contribution is 5.87. The number of rotatable bonds is 7. The molecule has 21 heavy (non-hydrogen) atoms. The summed E-state index contributed by atoms with van der Waals surface area (Å²) in [5.74, 6) is 0. The average Bonchev–Trinajstić information content (AvgIpc) is 2.34. The van der Waals surface area contributed by atoms with Crippen LogP contribution >= 0.6 is 0 Å². The van der Waals surface area contributed by atoms with E-state index in [0.29, 0.717) is 18.8 Å². The Hall–Kier alpha value is -1.63. The smallest absolute Gasteiger partial charge is 0.316 e. The van der Waals surface area contributed by atoms with Gasteiger partial charge in [0.05, 0.1) is 5.60 Å². The summed E-state index contributed by atoms with van der Waals surface area (Å²) in [5, 5.41) is 16.1. The number of primary amides is 1. The van der Waals surface area contributed by atoms with Crippen molar-refractivity contribution in [1.29, 1.82) is 0 Å². The Bertz CT molecular complexity index is 457. The molecule has 5 N–H and O–H groups in total. The maximum absolute atomic E-state index is 10.8. The summed E-state index contributed by atoms with van der Waals surface area (Å²) < 4.78 is 0. The van der Waals surface area contributed by atoms with Crippen molar-refractivity contribution < 1.29 is 9.90 Å². The Balaban J connectivity index is 2.55. The van der Waals surface area contributed by atoms with Crippen molar-refractivity contribution >= 4 is 11.7 Å². The molecule has 0 radical (unpaired) electrons. The minimum absolute atomic E-state index is 0.0984. The van der Waals surface area contributed by atoms with Gasteiger partial charge in [0.2, 0.25) is 0 Å². The Morgan fingerprint density at radius 3 is 2.43 bits per heavy atom. The molecular weight excluding hydrogens is 268 g/mol. The number of hydrogen-bond donors (Lipinski definition) is 4. The molecule has 0 spiro atoms. The standard InChI is InChI=1S/C15H26N4O2/c1-11(17-9-15(2,21)10-19(3)4)12-5-7-13(8-6-12)18-14(16)20/h5-8,11,17,21H,9-10H2,1-4H3,(H3,16,18,20). The van der Waals surface area contributed by atoms with E-state index in [0.717, 1.165) is 5.56 Å². The molecule has 0 aliphatic rings. The van der Waals surface area contributed by atoms with E-state index in [4.69, 9.17) is 5.73 Å². The van der Waals surface area contributed by atoms with Crippen molar-refractivity contribution in [2.75, 3.05) is 32.5 Å². The quantitative estimate of drug-likeness (QED) is 0.607. The lowest BCUT2D eigenvalue weighted by Gasteiger charge is -2.29. The minimum atomic E-state index is -0.786. The Morgan fingerprint density at radius 1 is 1.38 bits per heavy atom. The number of carbonyl (C=O) groups excluding carboxylic acids is 1. The number of benzene rings is 1. The van der Waals surface area contributed by atoms with Crippen LogP contribution in [0.2, 0.25) is 0 Å². The van der Waals surface area contributed by atoms with Crippen LogP contribution in [0.4, 0.5) is 10.5 Å². The van der Waals surface area contributed by atoms with Gasteiger partial charge >= 0.3 is 6.03 Å². The van der Waals surface area contributed by atoms with Crippen molar-refractivity contribution in [1.82, 2.24) is 10.2 Å². The summed E-state index contributed by atoms with van der Waals surface area (Å²) in [4.78, 5) is 12.7. The van der Waals surface area contributed by atoms with Gasteiger partial charge < -0.3 is 26.4 Å². The van der Waals surface area contributed by atoms with E-state index < -0.39 is 11.6 Å². The number of anilines is 1. The van der Waals surface area contributed by atoms with Crippen LogP contribution in [0.1, 0.15) is 25.5 Å². The van der Waals surface area contributed by atoms with Gasteiger partial charge in [-0.2, -0.15) is 0 Å². The number of amides is 2. The minimum Gasteiger partial charge on any atom is -0.388 e. The molecule has 0 aliphatic carbocycles. The van der Waals surface area contributed by atoms with Crippen molar-refractivity contribution in [3.63, 3.8) is 0 Å². The van der Waals surface area contributed by atoms with Crippen LogP contribution in [0.3, 0.4) is 0 Å². The van der Waals surface area contributed by atoms with Crippen LogP contribution in [0.25, 0.3) is 0 Å². The van der Waals surface area contributed by atoms with E-state index in [-0.39, 0.29) is 6.04 Å². The van der Waals surface area contributed by atoms with Gasteiger partial charge in [-0.05, 0) is 45.6 Å². The van der Waals surface area contributed by atoms with Gasteiger partial charge in [-0.1, -0.05) is 12.1 Å². The van der Waals surface area contributed by atoms with Crippen LogP contribution in [-0.2, 0) is 0 Å². The Morgan fingerprint density at radius 2 is 1.95 bits per heavy atom. The summed E-state index contributed by atoms with van der Waals surface area (Å²) in [6.45, 7) is 4.93. The number of nitrogens with two attached hydrogens (primary N) is 1. The number of nitrogens with one attached hydrogen (secondary N) is 2. The van der Waals surface area contributed by atoms with Gasteiger partial charge in [-0.25, -0.2) is 4.79 Å². The number of aliphatic hydroxyl groups is 1. The molecule has 1 aromatic rings. The summed E-state index contributed by atoms with van der Waals surface area (Å²) in [6, 6.07) is 6.97. The second kappa shape index (κ2) is 7.40. The highest BCUT2D eigenvalue weighted by Crippen LogP contribution is 2.16. The fraction of sp³-hybridized carbons (Fsp3) is 0.533. The molecular formula is C15H26N4O2. The molecule has 0 fully saturated rings. The first-order valence-corrected chi connectivity index (χ1v) is 6.96. The lowest BCUT2D eigenvalue weighted by molar-refractivity contribution is 0.0317. The predicted octanol–water partition coefficient (Wildman–Crippen LogP) is 1.14. The van der Waals surface area contributed by atoms with Crippen molar-refractivity contribution in [2.24, 2.45) is 5.73 Å². The van der Waals surface area contributed by atoms with Crippen LogP contribution in [0.15, 0.2) is 24.3 Å². The van der Waals surface area contributed by atoms with E-state index in [9.17, 15) is 9.90 Å². The number of urea groups is 1. The molecule has 1 aromatic carbocycles. The predicted molar refractivity (Wildman–Crippen MR) is 85.2 cm³/mol. The third kappa shape index (κ3) is 6.57. The zero-order valence-corrected chi connectivity index (χ0v) is 13.2. The molecule has 2 unspecified atom stereocenters. The van der Waals surface area contributed by atoms with Gasteiger partial charge in [0.1, 0.15) is 0 Å². The van der Waals surface area contributed by atoms with Crippen LogP contribution < -0.4 is 16.4 Å². The van der Waals surface area contributed by atoms with E-state index in [1.807, 2.05) is 45.0 Å². The molecule has 0 bridgehead atoms. The maximum atomic E-state index is 10.8. The molecule has 6 heteroatoms. The van der Waals surface area contributed by atoms with E-state index in [1.165, 1.54) is 0 Å². The van der Waals surface area contributed by atoms with Gasteiger partial charge in [0.15, 0.2) is 0 Å².